The third-order valence-electron chi connectivity index (χ3n) is 2.47. The van der Waals surface area contributed by atoms with Crippen LogP contribution >= 0.6 is 0 Å². The Labute approximate surface area is 163 Å². The molecule has 2 unspecified atom stereocenters. The Morgan fingerprint density at radius 3 is 1.20 bits per heavy atom. The number of carbonyl (C=O) groups excluding carboxylic acids is 2. The average molecular weight is 369 g/mol. The SMILES string of the molecule is C=C(C)C(=O)OCC(C)C(=O)O.C=C(C)C(=O)OCC(C)C(=O)O.[Mg]. The summed E-state index contributed by atoms with van der Waals surface area (Å²) < 4.78 is 9.21. The number of hydrogen-bond donors (Lipinski definition) is 2. The summed E-state index contributed by atoms with van der Waals surface area (Å²) in [4.78, 5) is 42.0. The van der Waals surface area contributed by atoms with Crippen LogP contribution in [0.1, 0.15) is 27.7 Å². The van der Waals surface area contributed by atoms with Crippen LogP contribution in [-0.4, -0.2) is 70.4 Å². The number of ether oxygens (including phenoxy) is 2. The van der Waals surface area contributed by atoms with Crippen molar-refractivity contribution in [2.75, 3.05) is 13.2 Å². The molecule has 2 radical (unpaired) electrons. The smallest absolute Gasteiger partial charge is 0.333 e. The van der Waals surface area contributed by atoms with Gasteiger partial charge in [-0.25, -0.2) is 9.59 Å². The lowest BCUT2D eigenvalue weighted by molar-refractivity contribution is -0.149. The number of carboxylic acid groups (broad SMARTS) is 2. The van der Waals surface area contributed by atoms with Crippen molar-refractivity contribution in [3.05, 3.63) is 24.3 Å². The van der Waals surface area contributed by atoms with Crippen LogP contribution in [0.25, 0.3) is 0 Å². The molecule has 8 nitrogen and oxygen atoms in total. The molecule has 0 saturated heterocycles. The normalized spacial score (nSPS) is 11.4. The first-order valence-electron chi connectivity index (χ1n) is 7.00. The standard InChI is InChI=1S/2C8H12O4.Mg/c2*1-5(2)8(11)12-4-6(3)7(9)10;/h2*6H,1,4H2,2-3H3,(H,9,10);. The van der Waals surface area contributed by atoms with Crippen LogP contribution in [0.4, 0.5) is 0 Å². The monoisotopic (exact) mass is 368 g/mol. The molecule has 0 rings (SSSR count). The summed E-state index contributed by atoms with van der Waals surface area (Å²) in [5.41, 5.74) is 0.542. The van der Waals surface area contributed by atoms with Gasteiger partial charge >= 0.3 is 23.9 Å². The third kappa shape index (κ3) is 15.4. The van der Waals surface area contributed by atoms with E-state index in [-0.39, 0.29) is 47.4 Å². The molecular weight excluding hydrogens is 344 g/mol. The van der Waals surface area contributed by atoms with Crippen LogP contribution in [0, 0.1) is 11.8 Å². The summed E-state index contributed by atoms with van der Waals surface area (Å²) in [6.45, 7) is 12.4. The molecule has 0 saturated carbocycles. The van der Waals surface area contributed by atoms with E-state index < -0.39 is 35.7 Å². The van der Waals surface area contributed by atoms with Crippen LogP contribution in [0.2, 0.25) is 0 Å². The Hall–Kier alpha value is -1.87. The fourth-order valence-corrected chi connectivity index (χ4v) is 0.790. The number of aliphatic carboxylic acids is 2. The van der Waals surface area contributed by atoms with Crippen molar-refractivity contribution in [2.24, 2.45) is 11.8 Å². The second kappa shape index (κ2) is 14.5. The summed E-state index contributed by atoms with van der Waals surface area (Å²) in [6, 6.07) is 0. The first-order chi connectivity index (χ1) is 10.9. The topological polar surface area (TPSA) is 127 Å². The molecule has 0 aliphatic rings. The molecule has 0 heterocycles. The van der Waals surface area contributed by atoms with Crippen LogP contribution in [0.15, 0.2) is 24.3 Å². The molecule has 0 amide bonds. The van der Waals surface area contributed by atoms with Gasteiger partial charge in [0.05, 0.1) is 11.8 Å². The van der Waals surface area contributed by atoms with Crippen molar-refractivity contribution >= 4 is 46.9 Å². The maximum Gasteiger partial charge on any atom is 0.333 e. The minimum absolute atomic E-state index is 0. The van der Waals surface area contributed by atoms with Gasteiger partial charge in [-0.15, -0.1) is 0 Å². The summed E-state index contributed by atoms with van der Waals surface area (Å²) in [7, 11) is 0. The lowest BCUT2D eigenvalue weighted by Gasteiger charge is -2.06. The van der Waals surface area contributed by atoms with Gasteiger partial charge in [0.2, 0.25) is 0 Å². The van der Waals surface area contributed by atoms with Gasteiger partial charge in [0.25, 0.3) is 0 Å². The minimum Gasteiger partial charge on any atom is -0.481 e. The zero-order valence-corrected chi connectivity index (χ0v) is 16.4. The van der Waals surface area contributed by atoms with Crippen LogP contribution in [-0.2, 0) is 28.7 Å². The largest absolute Gasteiger partial charge is 0.481 e. The van der Waals surface area contributed by atoms with Gasteiger partial charge in [-0.1, -0.05) is 13.2 Å². The molecule has 0 bridgehead atoms. The second-order valence-electron chi connectivity index (χ2n) is 5.24. The van der Waals surface area contributed by atoms with Crippen molar-refractivity contribution < 1.29 is 38.9 Å². The molecule has 0 fully saturated rings. The van der Waals surface area contributed by atoms with E-state index in [4.69, 9.17) is 10.2 Å². The van der Waals surface area contributed by atoms with E-state index >= 15 is 0 Å². The lowest BCUT2D eigenvalue weighted by Crippen LogP contribution is -2.19. The van der Waals surface area contributed by atoms with E-state index in [1.54, 1.807) is 0 Å². The minimum atomic E-state index is -0.982. The highest BCUT2D eigenvalue weighted by Crippen LogP contribution is 2.00. The van der Waals surface area contributed by atoms with Crippen molar-refractivity contribution in [2.45, 2.75) is 27.7 Å². The Balaban J connectivity index is -0.000000372. The van der Waals surface area contributed by atoms with Crippen molar-refractivity contribution in [3.8, 4) is 0 Å². The molecule has 2 N–H and O–H groups in total. The zero-order valence-electron chi connectivity index (χ0n) is 15.0. The molecule has 2 atom stereocenters. The molecular formula is C16H24MgO8. The predicted molar refractivity (Wildman–Crippen MR) is 90.9 cm³/mol. The molecule has 0 aromatic carbocycles. The number of carbonyl (C=O) groups is 4. The lowest BCUT2D eigenvalue weighted by atomic mass is 10.2. The van der Waals surface area contributed by atoms with Gasteiger partial charge in [0.1, 0.15) is 13.2 Å². The van der Waals surface area contributed by atoms with Gasteiger partial charge in [0, 0.05) is 34.2 Å². The summed E-state index contributed by atoms with van der Waals surface area (Å²) in [6.07, 6.45) is 0. The van der Waals surface area contributed by atoms with E-state index in [9.17, 15) is 19.2 Å². The van der Waals surface area contributed by atoms with Crippen molar-refractivity contribution in [3.63, 3.8) is 0 Å². The molecule has 0 aliphatic carbocycles. The van der Waals surface area contributed by atoms with E-state index in [2.05, 4.69) is 22.6 Å². The van der Waals surface area contributed by atoms with Crippen LogP contribution in [0.5, 0.6) is 0 Å². The summed E-state index contributed by atoms with van der Waals surface area (Å²) in [5.74, 6) is -4.41. The summed E-state index contributed by atoms with van der Waals surface area (Å²) in [5, 5.41) is 16.8. The fraction of sp³-hybridized carbons (Fsp3) is 0.500. The Kier molecular flexibility index (Phi) is 16.2. The van der Waals surface area contributed by atoms with Gasteiger partial charge < -0.3 is 19.7 Å². The van der Waals surface area contributed by atoms with E-state index in [0.29, 0.717) is 0 Å². The van der Waals surface area contributed by atoms with Crippen molar-refractivity contribution in [1.29, 1.82) is 0 Å². The third-order valence-corrected chi connectivity index (χ3v) is 2.47. The fourth-order valence-electron chi connectivity index (χ4n) is 0.790. The van der Waals surface area contributed by atoms with Gasteiger partial charge in [-0.3, -0.25) is 9.59 Å². The van der Waals surface area contributed by atoms with E-state index in [1.165, 1.54) is 27.7 Å². The Morgan fingerprint density at radius 2 is 1.04 bits per heavy atom. The quantitative estimate of drug-likeness (QED) is 0.372. The number of rotatable bonds is 8. The van der Waals surface area contributed by atoms with Crippen LogP contribution < -0.4 is 0 Å². The molecule has 0 spiro atoms. The first-order valence-corrected chi connectivity index (χ1v) is 7.00. The van der Waals surface area contributed by atoms with Gasteiger partial charge in [0.15, 0.2) is 0 Å². The van der Waals surface area contributed by atoms with Gasteiger partial charge in [-0.05, 0) is 27.7 Å². The summed E-state index contributed by atoms with van der Waals surface area (Å²) >= 11 is 0. The number of esters is 2. The van der Waals surface area contributed by atoms with Crippen LogP contribution in [0.3, 0.4) is 0 Å². The molecule has 0 aromatic rings. The molecule has 9 heteroatoms. The maximum atomic E-state index is 10.8. The molecule has 138 valence electrons. The Bertz CT molecular complexity index is 466. The predicted octanol–water partition coefficient (Wildman–Crippen LogP) is 1.27. The highest BCUT2D eigenvalue weighted by atomic mass is 24.3. The molecule has 0 aromatic heterocycles. The first kappa shape index (κ1) is 28.0. The van der Waals surface area contributed by atoms with Gasteiger partial charge in [-0.2, -0.15) is 0 Å². The van der Waals surface area contributed by atoms with E-state index in [0.717, 1.165) is 0 Å². The van der Waals surface area contributed by atoms with Crippen molar-refractivity contribution in [1.82, 2.24) is 0 Å². The second-order valence-corrected chi connectivity index (χ2v) is 5.24. The Morgan fingerprint density at radius 1 is 0.800 bits per heavy atom. The number of carboxylic acids is 2. The highest BCUT2D eigenvalue weighted by Gasteiger charge is 2.14. The highest BCUT2D eigenvalue weighted by molar-refractivity contribution is 5.87. The zero-order chi connectivity index (χ0) is 19.4. The average Bonchev–Trinajstić information content (AvgIpc) is 2.49. The maximum absolute atomic E-state index is 10.8. The van der Waals surface area contributed by atoms with E-state index in [1.807, 2.05) is 0 Å². The molecule has 25 heavy (non-hydrogen) atoms. The molecule has 0 aliphatic heterocycles. The number of hydrogen-bond acceptors (Lipinski definition) is 6.